The average Bonchev–Trinajstić information content (AvgIpc) is 1.89. The smallest absolute Gasteiger partial charge is 0.395 e. The fourth-order valence-electron chi connectivity index (χ4n) is 1.47. The van der Waals surface area contributed by atoms with Gasteiger partial charge in [-0.25, -0.2) is 0 Å². The van der Waals surface area contributed by atoms with E-state index in [1.54, 1.807) is 0 Å². The van der Waals surface area contributed by atoms with Gasteiger partial charge in [-0.05, 0) is 67.0 Å². The van der Waals surface area contributed by atoms with Gasteiger partial charge in [0.2, 0.25) is 0 Å². The fraction of sp³-hybridized carbons (Fsp3) is 1.00. The van der Waals surface area contributed by atoms with Crippen LogP contribution >= 0.6 is 0 Å². The molecule has 0 aromatic heterocycles. The molecule has 0 radical (unpaired) electrons. The van der Waals surface area contributed by atoms with Crippen LogP contribution in [0.5, 0.6) is 0 Å². The van der Waals surface area contributed by atoms with Crippen molar-refractivity contribution in [3.05, 3.63) is 0 Å². The highest BCUT2D eigenvalue weighted by Crippen LogP contribution is 2.25. The van der Waals surface area contributed by atoms with Crippen molar-refractivity contribution in [1.82, 2.24) is 0 Å². The van der Waals surface area contributed by atoms with E-state index in [4.69, 9.17) is 17.1 Å². The summed E-state index contributed by atoms with van der Waals surface area (Å²) in [7, 11) is -6.70. The molecular weight excluding hydrogens is 292 g/mol. The van der Waals surface area contributed by atoms with Crippen molar-refractivity contribution in [2.75, 3.05) is 0 Å². The van der Waals surface area contributed by atoms with Gasteiger partial charge in [-0.3, -0.25) is 0 Å². The van der Waals surface area contributed by atoms with Crippen LogP contribution in [0, 0.1) is 0 Å². The van der Waals surface area contributed by atoms with Gasteiger partial charge in [0.15, 0.2) is 16.6 Å². The molecule has 0 aromatic rings. The summed E-state index contributed by atoms with van der Waals surface area (Å²) >= 11 is 0. The van der Waals surface area contributed by atoms with Crippen LogP contribution in [-0.2, 0) is 17.1 Å². The first-order chi connectivity index (χ1) is 8.25. The highest BCUT2D eigenvalue weighted by molar-refractivity contribution is 6.83. The second kappa shape index (κ2) is 6.97. The third-order valence-corrected chi connectivity index (χ3v) is 10.0. The quantitative estimate of drug-likeness (QED) is 0.633. The predicted octanol–water partition coefficient (Wildman–Crippen LogP) is 3.98. The Bertz CT molecular complexity index is 241. The van der Waals surface area contributed by atoms with Crippen molar-refractivity contribution >= 4 is 25.7 Å². The van der Waals surface area contributed by atoms with Crippen LogP contribution in [0.4, 0.5) is 0 Å². The van der Waals surface area contributed by atoms with E-state index in [0.717, 1.165) is 0 Å². The lowest BCUT2D eigenvalue weighted by Crippen LogP contribution is -2.60. The van der Waals surface area contributed by atoms with Crippen molar-refractivity contribution in [3.63, 3.8) is 0 Å². The van der Waals surface area contributed by atoms with Gasteiger partial charge in [-0.15, -0.1) is 0 Å². The van der Waals surface area contributed by atoms with Gasteiger partial charge >= 0.3 is 9.05 Å². The zero-order valence-electron chi connectivity index (χ0n) is 14.3. The Kier molecular flexibility index (Phi) is 7.15. The minimum atomic E-state index is -3.07. The molecule has 0 aliphatic rings. The molecular formula is C12H32O4Si3. The standard InChI is InChI=1S/C12H32O4Si3/c1-11(2)13-19(14-12(3)4,15-17(5,6)7)16-18(8,9)10/h11-12H,1-10H3. The summed E-state index contributed by atoms with van der Waals surface area (Å²) in [5, 5.41) is 0. The minimum Gasteiger partial charge on any atom is -0.395 e. The molecule has 4 nitrogen and oxygen atoms in total. The zero-order valence-corrected chi connectivity index (χ0v) is 17.3. The Hall–Kier alpha value is 0.491. The Labute approximate surface area is 122 Å². The van der Waals surface area contributed by atoms with E-state index in [2.05, 4.69) is 39.3 Å². The molecule has 0 fully saturated rings. The van der Waals surface area contributed by atoms with Gasteiger partial charge in [-0.1, -0.05) is 0 Å². The molecule has 0 saturated carbocycles. The lowest BCUT2D eigenvalue weighted by Gasteiger charge is -2.39. The highest BCUT2D eigenvalue weighted by atomic mass is 28.5. The number of rotatable bonds is 8. The second-order valence-electron chi connectivity index (χ2n) is 7.26. The van der Waals surface area contributed by atoms with E-state index >= 15 is 0 Å². The lowest BCUT2D eigenvalue weighted by atomic mass is 10.5. The number of hydrogen-bond donors (Lipinski definition) is 0. The summed E-state index contributed by atoms with van der Waals surface area (Å²) in [6, 6.07) is 0. The van der Waals surface area contributed by atoms with Crippen molar-refractivity contribution in [2.45, 2.75) is 79.2 Å². The summed E-state index contributed by atoms with van der Waals surface area (Å²) in [4.78, 5) is 0. The summed E-state index contributed by atoms with van der Waals surface area (Å²) in [5.74, 6) is 0. The first kappa shape index (κ1) is 19.5. The molecule has 0 bridgehead atoms. The molecule has 0 rings (SSSR count). The van der Waals surface area contributed by atoms with Crippen LogP contribution < -0.4 is 0 Å². The molecule has 0 amide bonds. The maximum atomic E-state index is 6.27. The van der Waals surface area contributed by atoms with Crippen LogP contribution in [-0.4, -0.2) is 37.9 Å². The van der Waals surface area contributed by atoms with E-state index in [9.17, 15) is 0 Å². The second-order valence-corrected chi connectivity index (χ2v) is 18.8. The third kappa shape index (κ3) is 9.94. The van der Waals surface area contributed by atoms with Gasteiger partial charge in [0.1, 0.15) is 0 Å². The first-order valence-corrected chi connectivity index (χ1v) is 15.5. The molecule has 0 aliphatic carbocycles. The molecule has 0 aliphatic heterocycles. The molecule has 116 valence electrons. The Morgan fingerprint density at radius 1 is 0.579 bits per heavy atom. The monoisotopic (exact) mass is 324 g/mol. The Morgan fingerprint density at radius 3 is 1.00 bits per heavy atom. The van der Waals surface area contributed by atoms with Gasteiger partial charge in [0.05, 0.1) is 0 Å². The third-order valence-electron chi connectivity index (χ3n) is 1.62. The van der Waals surface area contributed by atoms with Gasteiger partial charge in [-0.2, -0.15) is 0 Å². The molecule has 0 heterocycles. The van der Waals surface area contributed by atoms with E-state index in [0.29, 0.717) is 0 Å². The fourth-order valence-corrected chi connectivity index (χ4v) is 9.99. The van der Waals surface area contributed by atoms with E-state index in [1.165, 1.54) is 0 Å². The van der Waals surface area contributed by atoms with Crippen LogP contribution in [0.1, 0.15) is 27.7 Å². The Morgan fingerprint density at radius 2 is 0.842 bits per heavy atom. The normalized spacial score (nSPS) is 14.5. The molecule has 0 unspecified atom stereocenters. The topological polar surface area (TPSA) is 36.9 Å². The van der Waals surface area contributed by atoms with E-state index < -0.39 is 25.7 Å². The predicted molar refractivity (Wildman–Crippen MR) is 87.1 cm³/mol. The van der Waals surface area contributed by atoms with Crippen LogP contribution in [0.15, 0.2) is 0 Å². The molecule has 19 heavy (non-hydrogen) atoms. The van der Waals surface area contributed by atoms with Crippen molar-refractivity contribution < 1.29 is 17.1 Å². The number of hydrogen-bond acceptors (Lipinski definition) is 4. The van der Waals surface area contributed by atoms with Crippen LogP contribution in [0.25, 0.3) is 0 Å². The van der Waals surface area contributed by atoms with Gasteiger partial charge < -0.3 is 17.1 Å². The van der Waals surface area contributed by atoms with Crippen LogP contribution in [0.2, 0.25) is 39.3 Å². The van der Waals surface area contributed by atoms with Gasteiger partial charge in [0.25, 0.3) is 0 Å². The highest BCUT2D eigenvalue weighted by Gasteiger charge is 2.52. The lowest BCUT2D eigenvalue weighted by molar-refractivity contribution is -0.00342. The van der Waals surface area contributed by atoms with Crippen molar-refractivity contribution in [3.8, 4) is 0 Å². The molecule has 7 heteroatoms. The minimum absolute atomic E-state index is 0.0260. The molecule has 0 spiro atoms. The average molecular weight is 325 g/mol. The largest absolute Gasteiger partial charge is 0.658 e. The summed E-state index contributed by atoms with van der Waals surface area (Å²) in [6.45, 7) is 20.8. The summed E-state index contributed by atoms with van der Waals surface area (Å²) in [5.41, 5.74) is 0. The van der Waals surface area contributed by atoms with Crippen molar-refractivity contribution in [2.24, 2.45) is 0 Å². The molecule has 0 saturated heterocycles. The van der Waals surface area contributed by atoms with E-state index in [-0.39, 0.29) is 12.2 Å². The molecule has 0 atom stereocenters. The van der Waals surface area contributed by atoms with E-state index in [1.807, 2.05) is 27.7 Å². The zero-order chi connectivity index (χ0) is 15.5. The maximum absolute atomic E-state index is 6.27. The van der Waals surface area contributed by atoms with Crippen LogP contribution in [0.3, 0.4) is 0 Å². The first-order valence-electron chi connectivity index (χ1n) is 7.01. The van der Waals surface area contributed by atoms with Gasteiger partial charge in [0, 0.05) is 12.2 Å². The van der Waals surface area contributed by atoms with Crippen molar-refractivity contribution in [1.29, 1.82) is 0 Å². The SMILES string of the molecule is CC(C)O[Si](OC(C)C)(O[Si](C)(C)C)O[Si](C)(C)C. The summed E-state index contributed by atoms with van der Waals surface area (Å²) < 4.78 is 24.6. The molecule has 0 aromatic carbocycles. The molecule has 0 N–H and O–H groups in total. The summed E-state index contributed by atoms with van der Waals surface area (Å²) in [6.07, 6.45) is 0.0521. The Balaban J connectivity index is 5.31. The maximum Gasteiger partial charge on any atom is 0.658 e.